The van der Waals surface area contributed by atoms with E-state index >= 15 is 0 Å². The summed E-state index contributed by atoms with van der Waals surface area (Å²) in [6.45, 7) is 2.57. The van der Waals surface area contributed by atoms with E-state index in [4.69, 9.17) is 16.3 Å². The number of ether oxygens (including phenoxy) is 1. The highest BCUT2D eigenvalue weighted by atomic mass is 35.5. The van der Waals surface area contributed by atoms with Crippen molar-refractivity contribution in [3.05, 3.63) is 47.2 Å². The fourth-order valence-electron chi connectivity index (χ4n) is 4.46. The number of aryl methyl sites for hydroxylation is 1. The summed E-state index contributed by atoms with van der Waals surface area (Å²) in [5.41, 5.74) is 1.14. The summed E-state index contributed by atoms with van der Waals surface area (Å²) in [4.78, 5) is 29.1. The molecule has 0 bridgehead atoms. The first-order valence-corrected chi connectivity index (χ1v) is 12.6. The first kappa shape index (κ1) is 23.6. The van der Waals surface area contributed by atoms with Crippen molar-refractivity contribution in [3.8, 4) is 0 Å². The maximum atomic E-state index is 13.3. The predicted molar refractivity (Wildman–Crippen MR) is 124 cm³/mol. The van der Waals surface area contributed by atoms with Crippen molar-refractivity contribution in [2.45, 2.75) is 23.8 Å². The summed E-state index contributed by atoms with van der Waals surface area (Å²) in [6, 6.07) is 8.15. The Morgan fingerprint density at radius 3 is 2.48 bits per heavy atom. The van der Waals surface area contributed by atoms with E-state index in [9.17, 15) is 18.0 Å². The number of hydrogen-bond donors (Lipinski definition) is 0. The Morgan fingerprint density at radius 1 is 1.09 bits per heavy atom. The molecule has 0 radical (unpaired) electrons. The van der Waals surface area contributed by atoms with Crippen LogP contribution in [0.1, 0.15) is 23.3 Å². The Balaban J connectivity index is 1.47. The predicted octanol–water partition coefficient (Wildman–Crippen LogP) is 1.97. The molecule has 11 heteroatoms. The zero-order valence-corrected chi connectivity index (χ0v) is 20.2. The van der Waals surface area contributed by atoms with Crippen molar-refractivity contribution < 1.29 is 22.7 Å². The van der Waals surface area contributed by atoms with Gasteiger partial charge in [0, 0.05) is 56.7 Å². The normalized spacial score (nSPS) is 19.7. The monoisotopic (exact) mass is 494 g/mol. The number of methoxy groups -OCH3 is 1. The first-order chi connectivity index (χ1) is 15.7. The molecule has 1 atom stereocenters. The number of anilines is 1. The van der Waals surface area contributed by atoms with Gasteiger partial charge in [0.2, 0.25) is 15.9 Å². The van der Waals surface area contributed by atoms with Gasteiger partial charge in [0.1, 0.15) is 16.6 Å². The fourth-order valence-corrected chi connectivity index (χ4v) is 6.37. The van der Waals surface area contributed by atoms with Gasteiger partial charge in [-0.25, -0.2) is 13.2 Å². The molecule has 1 unspecified atom stereocenters. The molecule has 2 aliphatic heterocycles. The average Bonchev–Trinajstić information content (AvgIpc) is 3.46. The highest BCUT2D eigenvalue weighted by molar-refractivity contribution is 7.89. The maximum Gasteiger partial charge on any atom is 0.354 e. The van der Waals surface area contributed by atoms with Crippen LogP contribution in [0.25, 0.3) is 0 Å². The van der Waals surface area contributed by atoms with E-state index in [1.165, 1.54) is 28.2 Å². The van der Waals surface area contributed by atoms with E-state index in [1.807, 2.05) is 24.3 Å². The maximum absolute atomic E-state index is 13.3. The van der Waals surface area contributed by atoms with Crippen LogP contribution in [0.2, 0.25) is 5.02 Å². The number of nitrogens with zero attached hydrogens (tertiary/aromatic N) is 4. The van der Waals surface area contributed by atoms with Crippen molar-refractivity contribution in [1.82, 2.24) is 13.8 Å². The van der Waals surface area contributed by atoms with E-state index < -0.39 is 22.0 Å². The van der Waals surface area contributed by atoms with Gasteiger partial charge in [0.25, 0.3) is 0 Å². The van der Waals surface area contributed by atoms with Crippen LogP contribution >= 0.6 is 11.6 Å². The Labute approximate surface area is 198 Å². The van der Waals surface area contributed by atoms with Crippen LogP contribution < -0.4 is 4.90 Å². The second kappa shape index (κ2) is 9.36. The molecule has 4 rings (SSSR count). The van der Waals surface area contributed by atoms with Crippen LogP contribution in [0.3, 0.4) is 0 Å². The molecule has 0 N–H and O–H groups in total. The molecule has 0 saturated carbocycles. The summed E-state index contributed by atoms with van der Waals surface area (Å²) >= 11 is 6.09. The number of halogens is 1. The molecule has 33 heavy (non-hydrogen) atoms. The number of rotatable bonds is 5. The van der Waals surface area contributed by atoms with Crippen LogP contribution in [0, 0.1) is 0 Å². The molecule has 2 fully saturated rings. The summed E-state index contributed by atoms with van der Waals surface area (Å²) < 4.78 is 34.1. The molecular formula is C22H27ClN4O5S. The standard InChI is InChI=1S/C22H27ClN4O5S/c1-24-15-18(14-20(24)22(29)32-2)33(30,31)27-8-4-7-19(27)21(28)26-11-9-25(10-12-26)17-6-3-5-16(23)13-17/h3,5-6,13-15,19H,4,7-12H2,1-2H3. The van der Waals surface area contributed by atoms with E-state index in [1.54, 1.807) is 11.9 Å². The first-order valence-electron chi connectivity index (χ1n) is 10.8. The molecule has 0 aliphatic carbocycles. The molecule has 1 aromatic heterocycles. The van der Waals surface area contributed by atoms with Gasteiger partial charge in [-0.05, 0) is 37.1 Å². The van der Waals surface area contributed by atoms with Crippen LogP contribution in [0.5, 0.6) is 0 Å². The third-order valence-electron chi connectivity index (χ3n) is 6.23. The van der Waals surface area contributed by atoms with Crippen molar-refractivity contribution in [2.24, 2.45) is 7.05 Å². The number of sulfonamides is 1. The van der Waals surface area contributed by atoms with Crippen molar-refractivity contribution in [3.63, 3.8) is 0 Å². The number of piperazine rings is 1. The number of esters is 1. The minimum absolute atomic E-state index is 0.0177. The highest BCUT2D eigenvalue weighted by Gasteiger charge is 2.42. The number of benzene rings is 1. The summed E-state index contributed by atoms with van der Waals surface area (Å²) in [5.74, 6) is -0.795. The lowest BCUT2D eigenvalue weighted by molar-refractivity contribution is -0.134. The van der Waals surface area contributed by atoms with E-state index in [0.717, 1.165) is 5.69 Å². The largest absolute Gasteiger partial charge is 0.464 e. The molecule has 2 saturated heterocycles. The number of amides is 1. The fraction of sp³-hybridized carbons (Fsp3) is 0.455. The Kier molecular flexibility index (Phi) is 6.69. The number of hydrogen-bond acceptors (Lipinski definition) is 6. The van der Waals surface area contributed by atoms with Gasteiger partial charge in [-0.2, -0.15) is 4.31 Å². The number of carbonyl (C=O) groups is 2. The summed E-state index contributed by atoms with van der Waals surface area (Å²) in [5, 5.41) is 0.661. The van der Waals surface area contributed by atoms with Crippen molar-refractivity contribution in [2.75, 3.05) is 44.7 Å². The van der Waals surface area contributed by atoms with E-state index in [-0.39, 0.29) is 23.0 Å². The molecule has 0 spiro atoms. The summed E-state index contributed by atoms with van der Waals surface area (Å²) in [7, 11) is -1.12. The van der Waals surface area contributed by atoms with Crippen LogP contribution in [0.15, 0.2) is 41.4 Å². The second-order valence-corrected chi connectivity index (χ2v) is 10.6. The van der Waals surface area contributed by atoms with Gasteiger partial charge in [-0.3, -0.25) is 4.79 Å². The lowest BCUT2D eigenvalue weighted by Crippen LogP contribution is -2.54. The van der Waals surface area contributed by atoms with Gasteiger partial charge in [0.15, 0.2) is 0 Å². The highest BCUT2D eigenvalue weighted by Crippen LogP contribution is 2.29. The number of carbonyl (C=O) groups excluding carboxylic acids is 2. The molecule has 1 aromatic carbocycles. The Bertz CT molecular complexity index is 1160. The zero-order chi connectivity index (χ0) is 23.8. The van der Waals surface area contributed by atoms with Gasteiger partial charge in [-0.15, -0.1) is 0 Å². The molecule has 178 valence electrons. The molecule has 2 aliphatic rings. The van der Waals surface area contributed by atoms with E-state index in [0.29, 0.717) is 44.0 Å². The summed E-state index contributed by atoms with van der Waals surface area (Å²) in [6.07, 6.45) is 2.46. The van der Waals surface area contributed by atoms with Crippen LogP contribution in [-0.4, -0.2) is 79.9 Å². The van der Waals surface area contributed by atoms with Gasteiger partial charge in [-0.1, -0.05) is 17.7 Å². The van der Waals surface area contributed by atoms with Gasteiger partial charge < -0.3 is 19.1 Å². The lowest BCUT2D eigenvalue weighted by atomic mass is 10.1. The molecule has 3 heterocycles. The Hall–Kier alpha value is -2.56. The molecule has 2 aromatic rings. The quantitative estimate of drug-likeness (QED) is 0.590. The third kappa shape index (κ3) is 4.60. The van der Waals surface area contributed by atoms with Crippen LogP contribution in [0.4, 0.5) is 5.69 Å². The smallest absolute Gasteiger partial charge is 0.354 e. The van der Waals surface area contributed by atoms with Crippen LogP contribution in [-0.2, 0) is 26.6 Å². The molecular weight excluding hydrogens is 468 g/mol. The minimum Gasteiger partial charge on any atom is -0.464 e. The lowest BCUT2D eigenvalue weighted by Gasteiger charge is -2.38. The zero-order valence-electron chi connectivity index (χ0n) is 18.6. The molecule has 9 nitrogen and oxygen atoms in total. The number of aromatic nitrogens is 1. The van der Waals surface area contributed by atoms with Gasteiger partial charge >= 0.3 is 5.97 Å². The van der Waals surface area contributed by atoms with E-state index in [2.05, 4.69) is 4.90 Å². The molecule has 1 amide bonds. The van der Waals surface area contributed by atoms with Crippen molar-refractivity contribution >= 4 is 39.2 Å². The van der Waals surface area contributed by atoms with Crippen molar-refractivity contribution in [1.29, 1.82) is 0 Å². The minimum atomic E-state index is -3.94. The SMILES string of the molecule is COC(=O)c1cc(S(=O)(=O)N2CCCC2C(=O)N2CCN(c3cccc(Cl)c3)CC2)cn1C. The second-order valence-electron chi connectivity index (χ2n) is 8.23. The topological polar surface area (TPSA) is 92.2 Å². The average molecular weight is 495 g/mol. The Morgan fingerprint density at radius 2 is 1.82 bits per heavy atom. The third-order valence-corrected chi connectivity index (χ3v) is 8.34. The van der Waals surface area contributed by atoms with Gasteiger partial charge in [0.05, 0.1) is 7.11 Å².